The number of alkyl halides is 3. The largest absolute Gasteiger partial charge is 0.457 e. The summed E-state index contributed by atoms with van der Waals surface area (Å²) >= 11 is 3.36. The molecule has 0 fully saturated rings. The molecule has 0 radical (unpaired) electrons. The van der Waals surface area contributed by atoms with Gasteiger partial charge in [-0.1, -0.05) is 6.07 Å². The number of rotatable bonds is 2. The molecule has 0 spiro atoms. The Balaban J connectivity index is 2.40. The van der Waals surface area contributed by atoms with Gasteiger partial charge in [0.2, 0.25) is 0 Å². The molecule has 0 heterocycles. The Hall–Kier alpha value is -1.69. The quantitative estimate of drug-likeness (QED) is 0.722. The lowest BCUT2D eigenvalue weighted by Crippen LogP contribution is -2.04. The molecule has 0 aromatic heterocycles. The predicted molar refractivity (Wildman–Crippen MR) is 79.5 cm³/mol. The SMILES string of the molecule is Cc1cc(Oc2cccc(C(F)(F)F)c2)c(C)c(Br)c1N. The number of aryl methyl sites for hydroxylation is 1. The third kappa shape index (κ3) is 3.32. The van der Waals surface area contributed by atoms with Gasteiger partial charge in [0.15, 0.2) is 0 Å². The van der Waals surface area contributed by atoms with Gasteiger partial charge >= 0.3 is 6.18 Å². The molecule has 2 aromatic carbocycles. The molecule has 2 nitrogen and oxygen atoms in total. The lowest BCUT2D eigenvalue weighted by atomic mass is 10.1. The summed E-state index contributed by atoms with van der Waals surface area (Å²) in [5, 5.41) is 0. The van der Waals surface area contributed by atoms with Crippen LogP contribution in [0.1, 0.15) is 16.7 Å². The molecule has 0 unspecified atom stereocenters. The smallest absolute Gasteiger partial charge is 0.416 e. The van der Waals surface area contributed by atoms with E-state index in [2.05, 4.69) is 15.9 Å². The molecule has 2 N–H and O–H groups in total. The van der Waals surface area contributed by atoms with Crippen LogP contribution in [0.15, 0.2) is 34.8 Å². The molecule has 0 aliphatic carbocycles. The highest BCUT2D eigenvalue weighted by molar-refractivity contribution is 9.10. The third-order valence-corrected chi connectivity index (χ3v) is 4.12. The Morgan fingerprint density at radius 2 is 1.81 bits per heavy atom. The predicted octanol–water partition coefficient (Wildman–Crippen LogP) is 5.46. The molecule has 0 saturated heterocycles. The Morgan fingerprint density at radius 1 is 1.14 bits per heavy atom. The van der Waals surface area contributed by atoms with E-state index in [0.717, 1.165) is 23.3 Å². The van der Waals surface area contributed by atoms with Crippen LogP contribution < -0.4 is 10.5 Å². The van der Waals surface area contributed by atoms with Crippen molar-refractivity contribution in [3.8, 4) is 11.5 Å². The van der Waals surface area contributed by atoms with Crippen molar-refractivity contribution in [1.29, 1.82) is 0 Å². The molecule has 0 amide bonds. The zero-order valence-corrected chi connectivity index (χ0v) is 13.0. The van der Waals surface area contributed by atoms with Crippen molar-refractivity contribution in [3.63, 3.8) is 0 Å². The number of ether oxygens (including phenoxy) is 1. The topological polar surface area (TPSA) is 35.2 Å². The van der Waals surface area contributed by atoms with Gasteiger partial charge < -0.3 is 10.5 Å². The van der Waals surface area contributed by atoms with Crippen LogP contribution in [0.25, 0.3) is 0 Å². The average molecular weight is 360 g/mol. The molecule has 0 aliphatic heterocycles. The van der Waals surface area contributed by atoms with Gasteiger partial charge in [-0.2, -0.15) is 13.2 Å². The Kier molecular flexibility index (Phi) is 4.18. The van der Waals surface area contributed by atoms with Gasteiger partial charge in [-0.15, -0.1) is 0 Å². The summed E-state index contributed by atoms with van der Waals surface area (Å²) in [6, 6.07) is 6.47. The van der Waals surface area contributed by atoms with E-state index in [-0.39, 0.29) is 5.75 Å². The van der Waals surface area contributed by atoms with Crippen LogP contribution in [0.2, 0.25) is 0 Å². The maximum absolute atomic E-state index is 12.7. The second-order valence-corrected chi connectivity index (χ2v) is 5.46. The van der Waals surface area contributed by atoms with Gasteiger partial charge in [-0.25, -0.2) is 0 Å². The summed E-state index contributed by atoms with van der Waals surface area (Å²) < 4.78 is 44.3. The fourth-order valence-corrected chi connectivity index (χ4v) is 2.34. The Morgan fingerprint density at radius 3 is 2.43 bits per heavy atom. The van der Waals surface area contributed by atoms with E-state index < -0.39 is 11.7 Å². The van der Waals surface area contributed by atoms with E-state index in [1.807, 2.05) is 0 Å². The lowest BCUT2D eigenvalue weighted by Gasteiger charge is -2.15. The molecule has 0 atom stereocenters. The number of anilines is 1. The number of hydrogen-bond donors (Lipinski definition) is 1. The first kappa shape index (κ1) is 15.7. The van der Waals surface area contributed by atoms with Crippen LogP contribution >= 0.6 is 15.9 Å². The van der Waals surface area contributed by atoms with Gasteiger partial charge in [0, 0.05) is 15.7 Å². The Bertz CT molecular complexity index is 683. The highest BCUT2D eigenvalue weighted by atomic mass is 79.9. The summed E-state index contributed by atoms with van der Waals surface area (Å²) in [7, 11) is 0. The second kappa shape index (κ2) is 5.60. The molecule has 2 aromatic rings. The van der Waals surface area contributed by atoms with E-state index in [4.69, 9.17) is 10.5 Å². The van der Waals surface area contributed by atoms with Gasteiger partial charge in [-0.3, -0.25) is 0 Å². The van der Waals surface area contributed by atoms with Crippen molar-refractivity contribution >= 4 is 21.6 Å². The van der Waals surface area contributed by atoms with Crippen molar-refractivity contribution in [1.82, 2.24) is 0 Å². The van der Waals surface area contributed by atoms with Gasteiger partial charge in [-0.05, 0) is 59.6 Å². The fraction of sp³-hybridized carbons (Fsp3) is 0.200. The van der Waals surface area contributed by atoms with Crippen LogP contribution in [-0.4, -0.2) is 0 Å². The van der Waals surface area contributed by atoms with E-state index >= 15 is 0 Å². The first-order chi connectivity index (χ1) is 9.70. The standard InChI is InChI=1S/C15H13BrF3NO/c1-8-6-12(9(2)13(16)14(8)20)21-11-5-3-4-10(7-11)15(17,18)19/h3-7H,20H2,1-2H3. The monoisotopic (exact) mass is 359 g/mol. The van der Waals surface area contributed by atoms with Gasteiger partial charge in [0.1, 0.15) is 11.5 Å². The molecule has 0 bridgehead atoms. The van der Waals surface area contributed by atoms with Crippen molar-refractivity contribution in [2.75, 3.05) is 5.73 Å². The highest BCUT2D eigenvalue weighted by Gasteiger charge is 2.30. The average Bonchev–Trinajstić information content (AvgIpc) is 2.42. The summed E-state index contributed by atoms with van der Waals surface area (Å²) in [4.78, 5) is 0. The van der Waals surface area contributed by atoms with Crippen LogP contribution in [0, 0.1) is 13.8 Å². The maximum Gasteiger partial charge on any atom is 0.416 e. The highest BCUT2D eigenvalue weighted by Crippen LogP contribution is 2.37. The summed E-state index contributed by atoms with van der Waals surface area (Å²) in [5.74, 6) is 0.594. The zero-order valence-electron chi connectivity index (χ0n) is 11.4. The van der Waals surface area contributed by atoms with Crippen molar-refractivity contribution in [2.24, 2.45) is 0 Å². The van der Waals surface area contributed by atoms with Crippen molar-refractivity contribution in [3.05, 3.63) is 51.5 Å². The molecule has 2 rings (SSSR count). The van der Waals surface area contributed by atoms with E-state index in [9.17, 15) is 13.2 Å². The van der Waals surface area contributed by atoms with E-state index in [1.54, 1.807) is 19.9 Å². The van der Waals surface area contributed by atoms with Crippen molar-refractivity contribution in [2.45, 2.75) is 20.0 Å². The van der Waals surface area contributed by atoms with Crippen molar-refractivity contribution < 1.29 is 17.9 Å². The summed E-state index contributed by atoms with van der Waals surface area (Å²) in [5.41, 5.74) is 7.23. The van der Waals surface area contributed by atoms with Crippen LogP contribution in [0.3, 0.4) is 0 Å². The minimum Gasteiger partial charge on any atom is -0.457 e. The maximum atomic E-state index is 12.7. The molecule has 6 heteroatoms. The summed E-state index contributed by atoms with van der Waals surface area (Å²) in [6.07, 6.45) is -4.40. The lowest BCUT2D eigenvalue weighted by molar-refractivity contribution is -0.137. The molecule has 112 valence electrons. The van der Waals surface area contributed by atoms with Gasteiger partial charge in [0.25, 0.3) is 0 Å². The van der Waals surface area contributed by atoms with Crippen LogP contribution in [0.5, 0.6) is 11.5 Å². The molecule has 0 saturated carbocycles. The number of hydrogen-bond acceptors (Lipinski definition) is 2. The van der Waals surface area contributed by atoms with Crippen LogP contribution in [0.4, 0.5) is 18.9 Å². The first-order valence-electron chi connectivity index (χ1n) is 6.10. The molecular weight excluding hydrogens is 347 g/mol. The number of benzene rings is 2. The minimum atomic E-state index is -4.40. The number of nitrogens with two attached hydrogens (primary N) is 1. The van der Waals surface area contributed by atoms with E-state index in [1.165, 1.54) is 12.1 Å². The molecule has 21 heavy (non-hydrogen) atoms. The van der Waals surface area contributed by atoms with E-state index in [0.29, 0.717) is 15.9 Å². The molecule has 0 aliphatic rings. The minimum absolute atomic E-state index is 0.129. The number of halogens is 4. The molecular formula is C15H13BrF3NO. The number of nitrogen functional groups attached to an aromatic ring is 1. The van der Waals surface area contributed by atoms with Crippen LogP contribution in [-0.2, 0) is 6.18 Å². The Labute approximate surface area is 128 Å². The zero-order chi connectivity index (χ0) is 15.8. The third-order valence-electron chi connectivity index (χ3n) is 3.10. The van der Waals surface area contributed by atoms with Gasteiger partial charge in [0.05, 0.1) is 5.56 Å². The fourth-order valence-electron chi connectivity index (χ4n) is 1.83. The first-order valence-corrected chi connectivity index (χ1v) is 6.89. The second-order valence-electron chi connectivity index (χ2n) is 4.67. The normalized spacial score (nSPS) is 11.5. The summed E-state index contributed by atoms with van der Waals surface area (Å²) in [6.45, 7) is 3.58.